The third-order valence-corrected chi connectivity index (χ3v) is 2.60. The van der Waals surface area contributed by atoms with Crippen LogP contribution in [0.5, 0.6) is 0 Å². The van der Waals surface area contributed by atoms with Gasteiger partial charge < -0.3 is 0 Å². The van der Waals surface area contributed by atoms with Crippen molar-refractivity contribution < 1.29 is 0 Å². The first-order valence-corrected chi connectivity index (χ1v) is 3.76. The minimum absolute atomic E-state index is 0.804. The van der Waals surface area contributed by atoms with Gasteiger partial charge in [0.2, 0.25) is 0 Å². The molecule has 0 saturated heterocycles. The zero-order valence-corrected chi connectivity index (χ0v) is 5.32. The molecule has 2 saturated carbocycles. The molecular formula is C8H13. The molecule has 0 bridgehead atoms. The molecule has 2 aliphatic rings. The van der Waals surface area contributed by atoms with Gasteiger partial charge >= 0.3 is 0 Å². The molecule has 1 radical (unpaired) electrons. The summed E-state index contributed by atoms with van der Waals surface area (Å²) in [5, 5.41) is 0. The van der Waals surface area contributed by atoms with Crippen molar-refractivity contribution in [3.05, 3.63) is 6.42 Å². The van der Waals surface area contributed by atoms with E-state index in [-0.39, 0.29) is 0 Å². The van der Waals surface area contributed by atoms with E-state index in [0.29, 0.717) is 0 Å². The Kier molecular flexibility index (Phi) is 0.902. The monoisotopic (exact) mass is 109 g/mol. The van der Waals surface area contributed by atoms with E-state index in [0.717, 1.165) is 5.41 Å². The summed E-state index contributed by atoms with van der Waals surface area (Å²) >= 11 is 0. The summed E-state index contributed by atoms with van der Waals surface area (Å²) in [5.41, 5.74) is 0.804. The molecule has 2 aliphatic carbocycles. The van der Waals surface area contributed by atoms with Gasteiger partial charge in [0.1, 0.15) is 0 Å². The van der Waals surface area contributed by atoms with E-state index in [4.69, 9.17) is 0 Å². The van der Waals surface area contributed by atoms with Crippen LogP contribution in [0.2, 0.25) is 0 Å². The summed E-state index contributed by atoms with van der Waals surface area (Å²) < 4.78 is 0. The van der Waals surface area contributed by atoms with Gasteiger partial charge in [-0.1, -0.05) is 12.8 Å². The van der Waals surface area contributed by atoms with Crippen molar-refractivity contribution in [2.45, 2.75) is 38.5 Å². The van der Waals surface area contributed by atoms with Crippen molar-refractivity contribution in [1.82, 2.24) is 0 Å². The Morgan fingerprint density at radius 1 is 1.00 bits per heavy atom. The maximum absolute atomic E-state index is 2.57. The molecule has 0 aromatic heterocycles. The molecule has 0 aromatic rings. The fourth-order valence-electron chi connectivity index (χ4n) is 1.75. The highest BCUT2D eigenvalue weighted by atomic mass is 14.5. The Labute approximate surface area is 51.3 Å². The first kappa shape index (κ1) is 4.84. The molecule has 2 rings (SSSR count). The van der Waals surface area contributed by atoms with Crippen molar-refractivity contribution in [2.75, 3.05) is 0 Å². The van der Waals surface area contributed by atoms with Gasteiger partial charge in [0, 0.05) is 0 Å². The molecule has 0 amide bonds. The van der Waals surface area contributed by atoms with E-state index < -0.39 is 0 Å². The van der Waals surface area contributed by atoms with Gasteiger partial charge in [0.15, 0.2) is 0 Å². The quantitative estimate of drug-likeness (QED) is 0.448. The molecule has 0 aromatic carbocycles. The molecule has 8 heavy (non-hydrogen) atoms. The highest BCUT2D eigenvalue weighted by molar-refractivity contribution is 5.05. The Hall–Kier alpha value is 0. The average Bonchev–Trinajstić information content (AvgIpc) is 2.52. The number of hydrogen-bond acceptors (Lipinski definition) is 0. The first-order chi connectivity index (χ1) is 3.91. The minimum atomic E-state index is 0.804. The van der Waals surface area contributed by atoms with Crippen LogP contribution in [0.15, 0.2) is 0 Å². The highest BCUT2D eigenvalue weighted by Gasteiger charge is 2.42. The molecule has 0 N–H and O–H groups in total. The van der Waals surface area contributed by atoms with Crippen LogP contribution in [0.4, 0.5) is 0 Å². The summed E-state index contributed by atoms with van der Waals surface area (Å²) in [6.07, 6.45) is 11.4. The second-order valence-electron chi connectivity index (χ2n) is 3.31. The van der Waals surface area contributed by atoms with E-state index >= 15 is 0 Å². The van der Waals surface area contributed by atoms with Gasteiger partial charge in [-0.15, -0.1) is 0 Å². The topological polar surface area (TPSA) is 0 Å². The fraction of sp³-hybridized carbons (Fsp3) is 0.875. The summed E-state index contributed by atoms with van der Waals surface area (Å²) in [5.74, 6) is 0. The van der Waals surface area contributed by atoms with Crippen molar-refractivity contribution in [1.29, 1.82) is 0 Å². The van der Waals surface area contributed by atoms with E-state index in [9.17, 15) is 0 Å². The lowest BCUT2D eigenvalue weighted by molar-refractivity contribution is 0.429. The lowest BCUT2D eigenvalue weighted by atomic mass is 9.87. The van der Waals surface area contributed by atoms with Crippen molar-refractivity contribution in [3.63, 3.8) is 0 Å². The Morgan fingerprint density at radius 2 is 1.88 bits per heavy atom. The molecule has 45 valence electrons. The van der Waals surface area contributed by atoms with Crippen LogP contribution in [0.3, 0.4) is 0 Å². The number of hydrogen-bond donors (Lipinski definition) is 0. The molecule has 0 unspecified atom stereocenters. The third kappa shape index (κ3) is 0.667. The van der Waals surface area contributed by atoms with Gasteiger partial charge in [-0.25, -0.2) is 0 Å². The Bertz CT molecular complexity index is 82.2. The Balaban J connectivity index is 1.95. The van der Waals surface area contributed by atoms with E-state index in [1.807, 2.05) is 0 Å². The van der Waals surface area contributed by atoms with Crippen LogP contribution < -0.4 is 0 Å². The molecular weight excluding hydrogens is 96.1 g/mol. The van der Waals surface area contributed by atoms with Gasteiger partial charge in [-0.05, 0) is 37.5 Å². The second kappa shape index (κ2) is 1.49. The van der Waals surface area contributed by atoms with Gasteiger partial charge in [0.25, 0.3) is 0 Å². The van der Waals surface area contributed by atoms with Crippen LogP contribution in [-0.4, -0.2) is 0 Å². The standard InChI is InChI=1S/C8H13/c1-2-4-8(5-3-1)6-7-8/h4H,1-3,5-7H2. The maximum atomic E-state index is 2.57. The molecule has 0 heteroatoms. The van der Waals surface area contributed by atoms with Crippen LogP contribution in [0.25, 0.3) is 0 Å². The van der Waals surface area contributed by atoms with Gasteiger partial charge in [-0.2, -0.15) is 0 Å². The van der Waals surface area contributed by atoms with E-state index in [1.165, 1.54) is 38.5 Å². The molecule has 0 nitrogen and oxygen atoms in total. The van der Waals surface area contributed by atoms with Crippen LogP contribution >= 0.6 is 0 Å². The molecule has 0 atom stereocenters. The van der Waals surface area contributed by atoms with Crippen LogP contribution in [-0.2, 0) is 0 Å². The summed E-state index contributed by atoms with van der Waals surface area (Å²) in [4.78, 5) is 0. The van der Waals surface area contributed by atoms with Crippen LogP contribution in [0, 0.1) is 11.8 Å². The summed E-state index contributed by atoms with van der Waals surface area (Å²) in [6.45, 7) is 0. The lowest BCUT2D eigenvalue weighted by Gasteiger charge is -2.19. The maximum Gasteiger partial charge on any atom is -0.0266 e. The average molecular weight is 109 g/mol. The third-order valence-electron chi connectivity index (χ3n) is 2.60. The van der Waals surface area contributed by atoms with Crippen molar-refractivity contribution >= 4 is 0 Å². The smallest absolute Gasteiger partial charge is 0.0266 e. The molecule has 2 fully saturated rings. The second-order valence-corrected chi connectivity index (χ2v) is 3.31. The van der Waals surface area contributed by atoms with E-state index in [1.54, 1.807) is 0 Å². The Morgan fingerprint density at radius 3 is 2.25 bits per heavy atom. The fourth-order valence-corrected chi connectivity index (χ4v) is 1.75. The normalized spacial score (nSPS) is 33.0. The predicted octanol–water partition coefficient (Wildman–Crippen LogP) is 2.54. The highest BCUT2D eigenvalue weighted by Crippen LogP contribution is 2.55. The SMILES string of the molecule is [CH]1CCCCC12CC2. The minimum Gasteiger partial charge on any atom is -0.0530 e. The van der Waals surface area contributed by atoms with Crippen molar-refractivity contribution in [2.24, 2.45) is 5.41 Å². The molecule has 0 heterocycles. The zero-order chi connectivity index (χ0) is 5.45. The van der Waals surface area contributed by atoms with Crippen LogP contribution in [0.1, 0.15) is 38.5 Å². The lowest BCUT2D eigenvalue weighted by Crippen LogP contribution is -2.06. The van der Waals surface area contributed by atoms with Gasteiger partial charge in [-0.3, -0.25) is 0 Å². The molecule has 1 spiro atoms. The first-order valence-electron chi connectivity index (χ1n) is 3.76. The summed E-state index contributed by atoms with van der Waals surface area (Å²) in [7, 11) is 0. The van der Waals surface area contributed by atoms with E-state index in [2.05, 4.69) is 6.42 Å². The predicted molar refractivity (Wildman–Crippen MR) is 34.4 cm³/mol. The zero-order valence-electron chi connectivity index (χ0n) is 5.32. The van der Waals surface area contributed by atoms with Gasteiger partial charge in [0.05, 0.1) is 0 Å². The molecule has 0 aliphatic heterocycles. The van der Waals surface area contributed by atoms with Crippen molar-refractivity contribution in [3.8, 4) is 0 Å². The summed E-state index contributed by atoms with van der Waals surface area (Å²) in [6, 6.07) is 0. The number of rotatable bonds is 0. The largest absolute Gasteiger partial charge is 0.0530 e.